The van der Waals surface area contributed by atoms with Crippen LogP contribution < -0.4 is 5.56 Å². The van der Waals surface area contributed by atoms with Crippen molar-refractivity contribution in [1.29, 1.82) is 0 Å². The monoisotopic (exact) mass is 375 g/mol. The zero-order valence-electron chi connectivity index (χ0n) is 14.5. The van der Waals surface area contributed by atoms with Crippen LogP contribution in [0.2, 0.25) is 0 Å². The summed E-state index contributed by atoms with van der Waals surface area (Å²) in [7, 11) is 0. The number of benzene rings is 2. The van der Waals surface area contributed by atoms with E-state index in [-0.39, 0.29) is 11.6 Å². The Hall–Kier alpha value is -2.93. The molecule has 0 saturated heterocycles. The van der Waals surface area contributed by atoms with E-state index in [1.165, 1.54) is 11.8 Å². The number of aromatic nitrogens is 5. The molecule has 1 fully saturated rings. The summed E-state index contributed by atoms with van der Waals surface area (Å²) in [6.07, 6.45) is 2.08. The van der Waals surface area contributed by atoms with Gasteiger partial charge >= 0.3 is 0 Å². The Labute approximate surface area is 159 Å². The molecule has 1 N–H and O–H groups in total. The molecule has 0 bridgehead atoms. The van der Waals surface area contributed by atoms with Gasteiger partial charge in [-0.2, -0.15) is 0 Å². The molecule has 0 atom stereocenters. The van der Waals surface area contributed by atoms with E-state index in [4.69, 9.17) is 4.98 Å². The van der Waals surface area contributed by atoms with Crippen LogP contribution in [0.3, 0.4) is 0 Å². The van der Waals surface area contributed by atoms with Gasteiger partial charge in [-0.15, -0.1) is 5.10 Å². The summed E-state index contributed by atoms with van der Waals surface area (Å²) in [5, 5.41) is 8.61. The molecule has 0 unspecified atom stereocenters. The molecule has 0 amide bonds. The molecule has 0 spiro atoms. The molecule has 2 aromatic carbocycles. The van der Waals surface area contributed by atoms with E-state index in [0.717, 1.165) is 35.6 Å². The van der Waals surface area contributed by atoms with E-state index in [2.05, 4.69) is 15.2 Å². The molecule has 1 saturated carbocycles. The Kier molecular flexibility index (Phi) is 4.01. The van der Waals surface area contributed by atoms with Crippen LogP contribution in [0.15, 0.2) is 64.5 Å². The average molecular weight is 375 g/mol. The first-order valence-corrected chi connectivity index (χ1v) is 9.89. The number of nitrogens with one attached hydrogen (secondary N) is 1. The minimum atomic E-state index is 0.0543. The van der Waals surface area contributed by atoms with Crippen LogP contribution in [0, 0.1) is 0 Å². The fraction of sp³-hybridized carbons (Fsp3) is 0.200. The van der Waals surface area contributed by atoms with Crippen molar-refractivity contribution in [2.75, 3.05) is 0 Å². The Morgan fingerprint density at radius 3 is 2.63 bits per heavy atom. The molecule has 0 radical (unpaired) electrons. The Morgan fingerprint density at radius 2 is 1.81 bits per heavy atom. The molecule has 1 aliphatic rings. The summed E-state index contributed by atoms with van der Waals surface area (Å²) in [6, 6.07) is 17.7. The molecular formula is C20H17N5OS. The smallest absolute Gasteiger partial charge is 0.261 e. The molecule has 6 nitrogen and oxygen atoms in total. The van der Waals surface area contributed by atoms with Gasteiger partial charge in [-0.25, -0.2) is 9.97 Å². The molecule has 4 aromatic rings. The lowest BCUT2D eigenvalue weighted by atomic mass is 10.2. The Morgan fingerprint density at radius 1 is 1.04 bits per heavy atom. The molecule has 0 aliphatic heterocycles. The third-order valence-corrected chi connectivity index (χ3v) is 5.48. The van der Waals surface area contributed by atoms with Crippen molar-refractivity contribution in [3.8, 4) is 11.4 Å². The maximum Gasteiger partial charge on any atom is 0.261 e. The number of rotatable bonds is 5. The Bertz CT molecular complexity index is 1160. The number of H-pyrrole nitrogens is 1. The predicted molar refractivity (Wildman–Crippen MR) is 106 cm³/mol. The van der Waals surface area contributed by atoms with Crippen LogP contribution in [0.5, 0.6) is 0 Å². The summed E-state index contributed by atoms with van der Waals surface area (Å²) in [4.78, 5) is 22.2. The summed E-state index contributed by atoms with van der Waals surface area (Å²) in [5.41, 5.74) is 1.80. The largest absolute Gasteiger partial charge is 0.292 e. The van der Waals surface area contributed by atoms with Gasteiger partial charge in [-0.3, -0.25) is 14.5 Å². The van der Waals surface area contributed by atoms with Crippen molar-refractivity contribution in [3.63, 3.8) is 0 Å². The second-order valence-electron chi connectivity index (χ2n) is 6.57. The highest BCUT2D eigenvalue weighted by atomic mass is 32.2. The lowest BCUT2D eigenvalue weighted by Gasteiger charge is -2.11. The van der Waals surface area contributed by atoms with Crippen molar-refractivity contribution in [2.24, 2.45) is 0 Å². The van der Waals surface area contributed by atoms with Crippen molar-refractivity contribution in [2.45, 2.75) is 29.8 Å². The van der Waals surface area contributed by atoms with Crippen LogP contribution in [0.1, 0.15) is 24.7 Å². The van der Waals surface area contributed by atoms with E-state index in [9.17, 15) is 4.79 Å². The van der Waals surface area contributed by atoms with Crippen molar-refractivity contribution < 1.29 is 0 Å². The minimum Gasteiger partial charge on any atom is -0.292 e. The van der Waals surface area contributed by atoms with Crippen molar-refractivity contribution >= 4 is 22.7 Å². The van der Waals surface area contributed by atoms with Crippen molar-refractivity contribution in [3.05, 3.63) is 70.8 Å². The van der Waals surface area contributed by atoms with Crippen LogP contribution in [0.25, 0.3) is 22.3 Å². The normalized spacial score (nSPS) is 13.9. The van der Waals surface area contributed by atoms with Gasteiger partial charge in [0, 0.05) is 11.6 Å². The molecule has 7 heteroatoms. The van der Waals surface area contributed by atoms with Gasteiger partial charge in [-0.1, -0.05) is 54.2 Å². The van der Waals surface area contributed by atoms with Gasteiger partial charge in [0.15, 0.2) is 5.82 Å². The van der Waals surface area contributed by atoms with E-state index >= 15 is 0 Å². The first-order valence-electron chi connectivity index (χ1n) is 8.90. The fourth-order valence-corrected chi connectivity index (χ4v) is 3.90. The number of hydrogen-bond donors (Lipinski definition) is 1. The van der Waals surface area contributed by atoms with Crippen molar-refractivity contribution in [1.82, 2.24) is 24.7 Å². The number of thioether (sulfide) groups is 1. The molecule has 134 valence electrons. The standard InChI is InChI=1S/C20H17N5OS/c26-19-15-8-4-5-9-16(15)21-17(25(19)14-10-11-14)12-27-20-22-18(23-24-20)13-6-2-1-3-7-13/h1-9,14H,10-12H2,(H,22,23,24). The minimum absolute atomic E-state index is 0.0543. The number of aromatic amines is 1. The number of nitrogens with zero attached hydrogens (tertiary/aromatic N) is 4. The summed E-state index contributed by atoms with van der Waals surface area (Å²) < 4.78 is 1.86. The van der Waals surface area contributed by atoms with Crippen LogP contribution in [-0.4, -0.2) is 24.7 Å². The second-order valence-corrected chi connectivity index (χ2v) is 7.52. The van der Waals surface area contributed by atoms with Crippen LogP contribution in [0.4, 0.5) is 0 Å². The molecule has 2 aromatic heterocycles. The summed E-state index contributed by atoms with van der Waals surface area (Å²) in [6.45, 7) is 0. The number of fused-ring (bicyclic) bond motifs is 1. The molecule has 1 aliphatic carbocycles. The van der Waals surface area contributed by atoms with E-state index in [1.54, 1.807) is 0 Å². The predicted octanol–water partition coefficient (Wildman–Crippen LogP) is 3.81. The van der Waals surface area contributed by atoms with Gasteiger partial charge in [-0.05, 0) is 25.0 Å². The first-order chi connectivity index (χ1) is 13.3. The van der Waals surface area contributed by atoms with Crippen LogP contribution in [-0.2, 0) is 5.75 Å². The maximum absolute atomic E-state index is 12.9. The topological polar surface area (TPSA) is 76.5 Å². The average Bonchev–Trinajstić information content (AvgIpc) is 3.43. The summed E-state index contributed by atoms with van der Waals surface area (Å²) in [5.74, 6) is 2.09. The fourth-order valence-electron chi connectivity index (χ4n) is 3.17. The maximum atomic E-state index is 12.9. The second kappa shape index (κ2) is 6.66. The number of para-hydroxylation sites is 1. The molecule has 5 rings (SSSR count). The highest BCUT2D eigenvalue weighted by Gasteiger charge is 2.28. The lowest BCUT2D eigenvalue weighted by Crippen LogP contribution is -2.24. The van der Waals surface area contributed by atoms with Gasteiger partial charge in [0.25, 0.3) is 5.56 Å². The number of hydrogen-bond acceptors (Lipinski definition) is 5. The zero-order valence-corrected chi connectivity index (χ0v) is 15.3. The SMILES string of the molecule is O=c1c2ccccc2nc(CSc2n[nH]c(-c3ccccc3)n2)n1C1CC1. The van der Waals surface area contributed by atoms with E-state index < -0.39 is 0 Å². The summed E-state index contributed by atoms with van der Waals surface area (Å²) >= 11 is 1.49. The molecule has 2 heterocycles. The van der Waals surface area contributed by atoms with Gasteiger partial charge in [0.2, 0.25) is 5.16 Å². The van der Waals surface area contributed by atoms with Crippen LogP contribution >= 0.6 is 11.8 Å². The van der Waals surface area contributed by atoms with Gasteiger partial charge in [0.05, 0.1) is 16.7 Å². The van der Waals surface area contributed by atoms with Gasteiger partial charge in [0.1, 0.15) is 5.82 Å². The first kappa shape index (κ1) is 16.3. The molecule has 27 heavy (non-hydrogen) atoms. The molecular weight excluding hydrogens is 358 g/mol. The quantitative estimate of drug-likeness (QED) is 0.537. The zero-order chi connectivity index (χ0) is 18.2. The highest BCUT2D eigenvalue weighted by molar-refractivity contribution is 7.98. The van der Waals surface area contributed by atoms with Gasteiger partial charge < -0.3 is 0 Å². The lowest BCUT2D eigenvalue weighted by molar-refractivity contribution is 0.663. The third-order valence-electron chi connectivity index (χ3n) is 4.64. The van der Waals surface area contributed by atoms with E-state index in [1.807, 2.05) is 59.2 Å². The highest BCUT2D eigenvalue weighted by Crippen LogP contribution is 2.35. The Balaban J connectivity index is 1.44. The third kappa shape index (κ3) is 3.14. The van der Waals surface area contributed by atoms with E-state index in [0.29, 0.717) is 16.3 Å².